The van der Waals surface area contributed by atoms with Crippen LogP contribution in [0.2, 0.25) is 0 Å². The van der Waals surface area contributed by atoms with E-state index in [2.05, 4.69) is 10.6 Å². The molecule has 0 radical (unpaired) electrons. The summed E-state index contributed by atoms with van der Waals surface area (Å²) in [5, 5.41) is 5.56. The molecular weight excluding hydrogens is 448 g/mol. The van der Waals surface area contributed by atoms with Crippen LogP contribution in [0, 0.1) is 6.92 Å². The summed E-state index contributed by atoms with van der Waals surface area (Å²) in [5.74, 6) is -1.06. The molecule has 0 fully saturated rings. The highest BCUT2D eigenvalue weighted by Gasteiger charge is 2.20. The number of carbonyl (C=O) groups is 2. The highest BCUT2D eigenvalue weighted by atomic mass is 32.2. The van der Waals surface area contributed by atoms with E-state index < -0.39 is 15.7 Å². The summed E-state index contributed by atoms with van der Waals surface area (Å²) in [5.41, 5.74) is 5.07. The Kier molecular flexibility index (Phi) is 7.12. The lowest BCUT2D eigenvalue weighted by Crippen LogP contribution is -2.25. The second-order valence-corrected chi connectivity index (χ2v) is 10.7. The number of aryl methyl sites for hydroxylation is 3. The Morgan fingerprint density at radius 3 is 2.44 bits per heavy atom. The number of rotatable bonds is 8. The summed E-state index contributed by atoms with van der Waals surface area (Å²) in [7, 11) is -3.58. The van der Waals surface area contributed by atoms with Crippen molar-refractivity contribution in [2.24, 2.45) is 0 Å². The van der Waals surface area contributed by atoms with Crippen LogP contribution in [-0.2, 0) is 34.0 Å². The fourth-order valence-corrected chi connectivity index (χ4v) is 5.36. The molecule has 3 aromatic rings. The van der Waals surface area contributed by atoms with Crippen molar-refractivity contribution in [3.8, 4) is 0 Å². The van der Waals surface area contributed by atoms with Gasteiger partial charge in [-0.2, -0.15) is 0 Å². The molecule has 7 heteroatoms. The van der Waals surface area contributed by atoms with Crippen LogP contribution in [0.15, 0.2) is 71.6 Å². The first-order chi connectivity index (χ1) is 16.3. The Morgan fingerprint density at radius 1 is 0.912 bits per heavy atom. The van der Waals surface area contributed by atoms with Gasteiger partial charge in [-0.1, -0.05) is 48.0 Å². The van der Waals surface area contributed by atoms with Crippen LogP contribution >= 0.6 is 0 Å². The smallest absolute Gasteiger partial charge is 0.253 e. The van der Waals surface area contributed by atoms with E-state index >= 15 is 0 Å². The van der Waals surface area contributed by atoms with E-state index in [4.69, 9.17) is 0 Å². The van der Waals surface area contributed by atoms with Crippen molar-refractivity contribution in [3.05, 3.63) is 94.5 Å². The Bertz CT molecular complexity index is 1310. The zero-order valence-corrected chi connectivity index (χ0v) is 20.0. The van der Waals surface area contributed by atoms with Gasteiger partial charge in [0, 0.05) is 13.0 Å². The molecule has 1 aliphatic carbocycles. The fraction of sp³-hybridized carbons (Fsp3) is 0.259. The first kappa shape index (κ1) is 23.7. The van der Waals surface area contributed by atoms with E-state index in [1.54, 1.807) is 36.4 Å². The highest BCUT2D eigenvalue weighted by Crippen LogP contribution is 2.25. The zero-order chi connectivity index (χ0) is 24.1. The summed E-state index contributed by atoms with van der Waals surface area (Å²) in [4.78, 5) is 25.5. The predicted molar refractivity (Wildman–Crippen MR) is 133 cm³/mol. The molecule has 6 nitrogen and oxygen atoms in total. The molecule has 34 heavy (non-hydrogen) atoms. The van der Waals surface area contributed by atoms with Crippen molar-refractivity contribution in [1.82, 2.24) is 5.32 Å². The van der Waals surface area contributed by atoms with E-state index in [0.717, 1.165) is 36.0 Å². The molecule has 0 bridgehead atoms. The molecule has 0 unspecified atom stereocenters. The number of hydrogen-bond donors (Lipinski definition) is 2. The van der Waals surface area contributed by atoms with Crippen LogP contribution in [-0.4, -0.2) is 26.0 Å². The van der Waals surface area contributed by atoms with Crippen LogP contribution in [0.5, 0.6) is 0 Å². The lowest BCUT2D eigenvalue weighted by Gasteiger charge is -2.12. The largest absolute Gasteiger partial charge is 0.348 e. The van der Waals surface area contributed by atoms with Crippen molar-refractivity contribution < 1.29 is 18.0 Å². The second kappa shape index (κ2) is 10.2. The molecule has 0 saturated carbocycles. The maximum atomic E-state index is 12.8. The van der Waals surface area contributed by atoms with Gasteiger partial charge in [0.05, 0.1) is 21.9 Å². The summed E-state index contributed by atoms with van der Waals surface area (Å²) in [6.07, 6.45) is 2.72. The first-order valence-corrected chi connectivity index (χ1v) is 13.0. The Balaban J connectivity index is 1.36. The van der Waals surface area contributed by atoms with Crippen molar-refractivity contribution in [1.29, 1.82) is 0 Å². The molecule has 4 rings (SSSR count). The lowest BCUT2D eigenvalue weighted by atomic mass is 10.1. The van der Waals surface area contributed by atoms with E-state index in [1.165, 1.54) is 5.56 Å². The average Bonchev–Trinajstić information content (AvgIpc) is 3.31. The number of anilines is 1. The van der Waals surface area contributed by atoms with Gasteiger partial charge in [0.2, 0.25) is 5.91 Å². The predicted octanol–water partition coefficient (Wildman–Crippen LogP) is 4.22. The minimum atomic E-state index is -3.58. The van der Waals surface area contributed by atoms with Crippen molar-refractivity contribution in [2.45, 2.75) is 44.0 Å². The average molecular weight is 477 g/mol. The molecule has 0 heterocycles. The van der Waals surface area contributed by atoms with Gasteiger partial charge in [0.25, 0.3) is 5.91 Å². The summed E-state index contributed by atoms with van der Waals surface area (Å²) >= 11 is 0. The quantitative estimate of drug-likeness (QED) is 0.509. The third kappa shape index (κ3) is 5.72. The van der Waals surface area contributed by atoms with E-state index in [-0.39, 0.29) is 23.0 Å². The molecule has 3 aromatic carbocycles. The number of sulfone groups is 1. The highest BCUT2D eigenvalue weighted by molar-refractivity contribution is 7.91. The van der Waals surface area contributed by atoms with Gasteiger partial charge in [-0.3, -0.25) is 9.59 Å². The van der Waals surface area contributed by atoms with Crippen LogP contribution < -0.4 is 10.6 Å². The zero-order valence-electron chi connectivity index (χ0n) is 19.1. The maximum absolute atomic E-state index is 12.8. The standard InChI is InChI=1S/C27H28N2O4S/c1-19-9-11-20(12-10-19)18-28-27(31)24-7-2-3-8-25(24)29-26(30)15-16-34(32,33)23-14-13-21-5-4-6-22(21)17-23/h2-3,7-14,17H,4-6,15-16,18H2,1H3,(H,28,31)(H,29,30). The molecule has 0 atom stereocenters. The third-order valence-electron chi connectivity index (χ3n) is 6.05. The van der Waals surface area contributed by atoms with Gasteiger partial charge < -0.3 is 10.6 Å². The minimum Gasteiger partial charge on any atom is -0.348 e. The summed E-state index contributed by atoms with van der Waals surface area (Å²) in [6.45, 7) is 2.36. The van der Waals surface area contributed by atoms with Crippen LogP contribution in [0.3, 0.4) is 0 Å². The molecule has 2 amide bonds. The van der Waals surface area contributed by atoms with Crippen LogP contribution in [0.25, 0.3) is 0 Å². The number of hydrogen-bond acceptors (Lipinski definition) is 4. The lowest BCUT2D eigenvalue weighted by molar-refractivity contribution is -0.115. The van der Waals surface area contributed by atoms with Gasteiger partial charge in [-0.25, -0.2) is 8.42 Å². The van der Waals surface area contributed by atoms with E-state index in [9.17, 15) is 18.0 Å². The molecule has 2 N–H and O–H groups in total. The molecular formula is C27H28N2O4S. The van der Waals surface area contributed by atoms with Crippen LogP contribution in [0.4, 0.5) is 5.69 Å². The first-order valence-electron chi connectivity index (χ1n) is 11.4. The fourth-order valence-electron chi connectivity index (χ4n) is 4.07. The summed E-state index contributed by atoms with van der Waals surface area (Å²) in [6, 6.07) is 19.8. The third-order valence-corrected chi connectivity index (χ3v) is 7.76. The number of amides is 2. The SMILES string of the molecule is Cc1ccc(CNC(=O)c2ccccc2NC(=O)CCS(=O)(=O)c2ccc3c(c2)CCC3)cc1. The van der Waals surface area contributed by atoms with Crippen molar-refractivity contribution in [2.75, 3.05) is 11.1 Å². The van der Waals surface area contributed by atoms with Crippen molar-refractivity contribution in [3.63, 3.8) is 0 Å². The second-order valence-electron chi connectivity index (χ2n) is 8.61. The molecule has 0 saturated heterocycles. The number of fused-ring (bicyclic) bond motifs is 1. The van der Waals surface area contributed by atoms with Gasteiger partial charge in [0.15, 0.2) is 9.84 Å². The molecule has 1 aliphatic rings. The molecule has 176 valence electrons. The maximum Gasteiger partial charge on any atom is 0.253 e. The Morgan fingerprint density at radius 2 is 1.65 bits per heavy atom. The van der Waals surface area contributed by atoms with E-state index in [0.29, 0.717) is 17.8 Å². The number of para-hydroxylation sites is 1. The summed E-state index contributed by atoms with van der Waals surface area (Å²) < 4.78 is 25.5. The normalized spacial score (nSPS) is 12.7. The molecule has 0 aromatic heterocycles. The Labute approximate surface area is 200 Å². The van der Waals surface area contributed by atoms with Crippen LogP contribution in [0.1, 0.15) is 45.5 Å². The Hall–Kier alpha value is -3.45. The number of nitrogens with one attached hydrogen (secondary N) is 2. The topological polar surface area (TPSA) is 92.3 Å². The van der Waals surface area contributed by atoms with Gasteiger partial charge in [0.1, 0.15) is 0 Å². The number of benzene rings is 3. The number of carbonyl (C=O) groups excluding carboxylic acids is 2. The monoisotopic (exact) mass is 476 g/mol. The van der Waals surface area contributed by atoms with Gasteiger partial charge >= 0.3 is 0 Å². The van der Waals surface area contributed by atoms with Crippen molar-refractivity contribution >= 4 is 27.3 Å². The molecule has 0 aliphatic heterocycles. The van der Waals surface area contributed by atoms with Gasteiger partial charge in [-0.05, 0) is 67.1 Å². The minimum absolute atomic E-state index is 0.196. The van der Waals surface area contributed by atoms with Gasteiger partial charge in [-0.15, -0.1) is 0 Å². The van der Waals surface area contributed by atoms with E-state index in [1.807, 2.05) is 37.3 Å². The molecule has 0 spiro atoms.